The number of nitrogens with zero attached hydrogens (tertiary/aromatic N) is 2. The van der Waals surface area contributed by atoms with Crippen LogP contribution in [0.5, 0.6) is 0 Å². The van der Waals surface area contributed by atoms with Crippen LogP contribution < -0.4 is 10.2 Å². The first-order chi connectivity index (χ1) is 15.1. The van der Waals surface area contributed by atoms with Gasteiger partial charge in [-0.3, -0.25) is 4.90 Å². The van der Waals surface area contributed by atoms with Gasteiger partial charge in [0.2, 0.25) is 0 Å². The van der Waals surface area contributed by atoms with E-state index in [1.54, 1.807) is 11.8 Å². The van der Waals surface area contributed by atoms with Crippen molar-refractivity contribution in [2.75, 3.05) is 12.4 Å². The maximum absolute atomic E-state index is 8.76. The minimum atomic E-state index is 0.304. The predicted octanol–water partition coefficient (Wildman–Crippen LogP) is 5.34. The second kappa shape index (κ2) is 9.32. The second-order valence-electron chi connectivity index (χ2n) is 7.30. The summed E-state index contributed by atoms with van der Waals surface area (Å²) in [6.45, 7) is 2.14. The molecule has 4 rings (SSSR count). The summed E-state index contributed by atoms with van der Waals surface area (Å²) < 4.78 is 0. The second-order valence-corrected chi connectivity index (χ2v) is 9.57. The SMILES string of the molecule is CC(=C/C1Sc2ccc(/C=C/C#N)cc2[NH+]1C)/C=C1\Nc2cc(/C=C/C#N)ccc2S1. The molecule has 0 saturated carbocycles. The van der Waals surface area contributed by atoms with Crippen molar-refractivity contribution in [2.24, 2.45) is 0 Å². The van der Waals surface area contributed by atoms with E-state index in [1.165, 1.54) is 38.1 Å². The van der Waals surface area contributed by atoms with E-state index in [0.29, 0.717) is 5.37 Å². The molecule has 31 heavy (non-hydrogen) atoms. The minimum absolute atomic E-state index is 0.304. The topological polar surface area (TPSA) is 64.0 Å². The molecule has 2 aromatic carbocycles. The Morgan fingerprint density at radius 3 is 2.42 bits per heavy atom. The molecule has 152 valence electrons. The molecule has 4 nitrogen and oxygen atoms in total. The van der Waals surface area contributed by atoms with Crippen molar-refractivity contribution in [3.8, 4) is 12.1 Å². The standard InChI is InChI=1S/C25H20N4S2/c1-17(13-24-28-20-15-18(5-3-11-26)7-9-22(20)30-24)14-25-29(2)21-16-19(6-4-12-27)8-10-23(21)31-25/h3-10,13-16,25,28H,1-2H3/p+1/b5-3+,6-4+,17-14-,24-13+. The zero-order valence-corrected chi connectivity index (χ0v) is 18.8. The molecule has 2 atom stereocenters. The fourth-order valence-electron chi connectivity index (χ4n) is 3.54. The number of nitriles is 2. The highest BCUT2D eigenvalue weighted by atomic mass is 32.2. The number of thioether (sulfide) groups is 2. The molecular formula is C25H21N4S2+. The molecule has 2 unspecified atom stereocenters. The number of benzene rings is 2. The van der Waals surface area contributed by atoms with Gasteiger partial charge in [0.1, 0.15) is 5.69 Å². The first kappa shape index (κ1) is 21.1. The van der Waals surface area contributed by atoms with Crippen molar-refractivity contribution in [3.05, 3.63) is 82.4 Å². The van der Waals surface area contributed by atoms with Crippen LogP contribution in [0.1, 0.15) is 18.1 Å². The van der Waals surface area contributed by atoms with E-state index in [4.69, 9.17) is 10.5 Å². The summed E-state index contributed by atoms with van der Waals surface area (Å²) in [5, 5.41) is 22.4. The highest BCUT2D eigenvalue weighted by Crippen LogP contribution is 2.42. The maximum atomic E-state index is 8.76. The van der Waals surface area contributed by atoms with Gasteiger partial charge in [0, 0.05) is 23.1 Å². The molecular weight excluding hydrogens is 420 g/mol. The summed E-state index contributed by atoms with van der Waals surface area (Å²) in [5.41, 5.74) is 5.62. The van der Waals surface area contributed by atoms with Gasteiger partial charge in [0.05, 0.1) is 34.8 Å². The van der Waals surface area contributed by atoms with E-state index >= 15 is 0 Å². The van der Waals surface area contributed by atoms with Crippen molar-refractivity contribution < 1.29 is 4.90 Å². The molecule has 0 amide bonds. The predicted molar refractivity (Wildman–Crippen MR) is 130 cm³/mol. The fraction of sp³-hybridized carbons (Fsp3) is 0.120. The Morgan fingerprint density at radius 2 is 1.71 bits per heavy atom. The molecule has 0 fully saturated rings. The number of hydrogen-bond acceptors (Lipinski definition) is 5. The lowest BCUT2D eigenvalue weighted by Gasteiger charge is -2.13. The number of likely N-dealkylation sites (N-methyl/N-ethyl adjacent to an activating group) is 1. The van der Waals surface area contributed by atoms with Crippen molar-refractivity contribution in [2.45, 2.75) is 22.1 Å². The number of allylic oxidation sites excluding steroid dienone is 4. The van der Waals surface area contributed by atoms with Gasteiger partial charge in [-0.25, -0.2) is 0 Å². The number of nitrogens with one attached hydrogen (secondary N) is 2. The lowest BCUT2D eigenvalue weighted by atomic mass is 10.1. The molecule has 0 bridgehead atoms. The summed E-state index contributed by atoms with van der Waals surface area (Å²) >= 11 is 3.59. The third-order valence-electron chi connectivity index (χ3n) is 5.06. The van der Waals surface area contributed by atoms with Crippen LogP contribution >= 0.6 is 23.5 Å². The number of anilines is 1. The van der Waals surface area contributed by atoms with Gasteiger partial charge in [0.25, 0.3) is 0 Å². The Hall–Kier alpha value is -3.16. The van der Waals surface area contributed by atoms with Crippen molar-refractivity contribution in [3.63, 3.8) is 0 Å². The summed E-state index contributed by atoms with van der Waals surface area (Å²) in [7, 11) is 2.19. The molecule has 6 heteroatoms. The van der Waals surface area contributed by atoms with Crippen LogP contribution in [0.4, 0.5) is 11.4 Å². The lowest BCUT2D eigenvalue weighted by molar-refractivity contribution is -0.812. The van der Waals surface area contributed by atoms with Crippen molar-refractivity contribution in [1.82, 2.24) is 0 Å². The van der Waals surface area contributed by atoms with E-state index in [1.807, 2.05) is 36.0 Å². The highest BCUT2D eigenvalue weighted by Gasteiger charge is 2.31. The molecule has 2 aromatic rings. The van der Waals surface area contributed by atoms with E-state index in [-0.39, 0.29) is 0 Å². The fourth-order valence-corrected chi connectivity index (χ4v) is 5.89. The average molecular weight is 442 g/mol. The van der Waals surface area contributed by atoms with Crippen molar-refractivity contribution in [1.29, 1.82) is 10.5 Å². The van der Waals surface area contributed by atoms with Crippen LogP contribution in [0.2, 0.25) is 0 Å². The van der Waals surface area contributed by atoms with Gasteiger partial charge in [-0.1, -0.05) is 35.7 Å². The van der Waals surface area contributed by atoms with Gasteiger partial charge in [0.15, 0.2) is 5.37 Å². The van der Waals surface area contributed by atoms with Gasteiger partial charge in [-0.15, -0.1) is 0 Å². The Kier molecular flexibility index (Phi) is 6.34. The minimum Gasteiger partial charge on any atom is -0.349 e. The normalized spacial score (nSPS) is 21.2. The smallest absolute Gasteiger partial charge is 0.163 e. The van der Waals surface area contributed by atoms with Gasteiger partial charge >= 0.3 is 0 Å². The summed E-state index contributed by atoms with van der Waals surface area (Å²) in [5.74, 6) is 0. The molecule has 0 aliphatic carbocycles. The highest BCUT2D eigenvalue weighted by molar-refractivity contribution is 8.03. The van der Waals surface area contributed by atoms with E-state index in [0.717, 1.165) is 21.8 Å². The van der Waals surface area contributed by atoms with E-state index in [2.05, 4.69) is 67.8 Å². The summed E-state index contributed by atoms with van der Waals surface area (Å²) in [6.07, 6.45) is 11.2. The van der Waals surface area contributed by atoms with Crippen LogP contribution in [0.15, 0.2) is 81.1 Å². The maximum Gasteiger partial charge on any atom is 0.163 e. The Labute approximate surface area is 191 Å². The van der Waals surface area contributed by atoms with Gasteiger partial charge < -0.3 is 5.32 Å². The summed E-state index contributed by atoms with van der Waals surface area (Å²) in [6, 6.07) is 16.6. The molecule has 0 radical (unpaired) electrons. The third-order valence-corrected chi connectivity index (χ3v) is 7.43. The molecule has 2 heterocycles. The van der Waals surface area contributed by atoms with Crippen molar-refractivity contribution >= 4 is 47.1 Å². The van der Waals surface area contributed by atoms with Crippen LogP contribution in [0.25, 0.3) is 12.2 Å². The molecule has 2 N–H and O–H groups in total. The number of rotatable bonds is 4. The number of fused-ring (bicyclic) bond motifs is 2. The molecule has 0 spiro atoms. The van der Waals surface area contributed by atoms with Gasteiger partial charge in [-0.2, -0.15) is 10.5 Å². The largest absolute Gasteiger partial charge is 0.349 e. The Morgan fingerprint density at radius 1 is 1.03 bits per heavy atom. The zero-order valence-electron chi connectivity index (χ0n) is 17.2. The van der Waals surface area contributed by atoms with Crippen LogP contribution in [0.3, 0.4) is 0 Å². The molecule has 0 aromatic heterocycles. The Bertz CT molecular complexity index is 1230. The first-order valence-electron chi connectivity index (χ1n) is 9.83. The number of quaternary nitrogens is 1. The zero-order chi connectivity index (χ0) is 21.8. The average Bonchev–Trinajstić information content (AvgIpc) is 3.30. The lowest BCUT2D eigenvalue weighted by Crippen LogP contribution is -3.05. The summed E-state index contributed by atoms with van der Waals surface area (Å²) in [4.78, 5) is 3.82. The third kappa shape index (κ3) is 4.78. The number of hydrogen-bond donors (Lipinski definition) is 2. The molecule has 0 saturated heterocycles. The van der Waals surface area contributed by atoms with Crippen LogP contribution in [-0.2, 0) is 0 Å². The molecule has 2 aliphatic rings. The van der Waals surface area contributed by atoms with Crippen LogP contribution in [0, 0.1) is 22.7 Å². The van der Waals surface area contributed by atoms with Gasteiger partial charge in [-0.05, 0) is 66.1 Å². The van der Waals surface area contributed by atoms with Crippen LogP contribution in [-0.4, -0.2) is 12.4 Å². The Balaban J connectivity index is 1.48. The first-order valence-corrected chi connectivity index (χ1v) is 11.5. The monoisotopic (exact) mass is 441 g/mol. The van der Waals surface area contributed by atoms with E-state index < -0.39 is 0 Å². The van der Waals surface area contributed by atoms with E-state index in [9.17, 15) is 0 Å². The molecule has 2 aliphatic heterocycles. The quantitative estimate of drug-likeness (QED) is 0.627.